The zero-order valence-electron chi connectivity index (χ0n) is 11.4. The SMILES string of the molecule is CC(C)CCCC(C)NCC1CCCCN1. The van der Waals surface area contributed by atoms with Gasteiger partial charge in [-0.1, -0.05) is 33.1 Å². The monoisotopic (exact) mass is 226 g/mol. The first-order valence-electron chi connectivity index (χ1n) is 7.15. The van der Waals surface area contributed by atoms with Gasteiger partial charge < -0.3 is 10.6 Å². The van der Waals surface area contributed by atoms with Crippen molar-refractivity contribution in [2.24, 2.45) is 5.92 Å². The van der Waals surface area contributed by atoms with Crippen LogP contribution in [0.15, 0.2) is 0 Å². The lowest BCUT2D eigenvalue weighted by molar-refractivity contribution is 0.360. The van der Waals surface area contributed by atoms with E-state index in [-0.39, 0.29) is 0 Å². The van der Waals surface area contributed by atoms with Crippen LogP contribution in [0.3, 0.4) is 0 Å². The second-order valence-electron chi connectivity index (χ2n) is 5.78. The summed E-state index contributed by atoms with van der Waals surface area (Å²) in [5, 5.41) is 7.25. The van der Waals surface area contributed by atoms with E-state index in [4.69, 9.17) is 0 Å². The number of nitrogens with one attached hydrogen (secondary N) is 2. The van der Waals surface area contributed by atoms with Gasteiger partial charge in [0.2, 0.25) is 0 Å². The fourth-order valence-corrected chi connectivity index (χ4v) is 2.38. The van der Waals surface area contributed by atoms with Crippen molar-refractivity contribution >= 4 is 0 Å². The zero-order chi connectivity index (χ0) is 11.8. The smallest absolute Gasteiger partial charge is 0.0192 e. The van der Waals surface area contributed by atoms with Crippen molar-refractivity contribution in [3.63, 3.8) is 0 Å². The Morgan fingerprint density at radius 2 is 2.00 bits per heavy atom. The van der Waals surface area contributed by atoms with Crippen LogP contribution in [0.2, 0.25) is 0 Å². The Bertz CT molecular complexity index is 162. The normalized spacial score (nSPS) is 23.6. The molecular formula is C14H30N2. The number of hydrogen-bond donors (Lipinski definition) is 2. The summed E-state index contributed by atoms with van der Waals surface area (Å²) in [7, 11) is 0. The molecule has 1 heterocycles. The van der Waals surface area contributed by atoms with Crippen LogP contribution in [0.5, 0.6) is 0 Å². The zero-order valence-corrected chi connectivity index (χ0v) is 11.4. The number of piperidine rings is 1. The molecule has 0 aromatic carbocycles. The highest BCUT2D eigenvalue weighted by Gasteiger charge is 2.12. The Labute approximate surface area is 102 Å². The van der Waals surface area contributed by atoms with Gasteiger partial charge in [0, 0.05) is 18.6 Å². The van der Waals surface area contributed by atoms with Gasteiger partial charge in [0.15, 0.2) is 0 Å². The molecule has 1 aliphatic rings. The summed E-state index contributed by atoms with van der Waals surface area (Å²) in [5.41, 5.74) is 0. The van der Waals surface area contributed by atoms with Crippen LogP contribution in [0.4, 0.5) is 0 Å². The number of hydrogen-bond acceptors (Lipinski definition) is 2. The highest BCUT2D eigenvalue weighted by atomic mass is 15.0. The molecule has 0 aromatic heterocycles. The molecule has 2 N–H and O–H groups in total. The van der Waals surface area contributed by atoms with Crippen molar-refractivity contribution in [2.45, 2.75) is 71.4 Å². The number of rotatable bonds is 7. The molecule has 1 rings (SSSR count). The van der Waals surface area contributed by atoms with E-state index in [1.165, 1.54) is 45.1 Å². The molecule has 0 amide bonds. The molecule has 1 saturated heterocycles. The van der Waals surface area contributed by atoms with Crippen molar-refractivity contribution in [1.29, 1.82) is 0 Å². The molecule has 0 saturated carbocycles. The fourth-order valence-electron chi connectivity index (χ4n) is 2.38. The lowest BCUT2D eigenvalue weighted by Gasteiger charge is -2.25. The van der Waals surface area contributed by atoms with E-state index in [2.05, 4.69) is 31.4 Å². The lowest BCUT2D eigenvalue weighted by Crippen LogP contribution is -2.44. The maximum Gasteiger partial charge on any atom is 0.0192 e. The molecule has 0 spiro atoms. The topological polar surface area (TPSA) is 24.1 Å². The molecule has 1 fully saturated rings. The molecule has 0 aromatic rings. The minimum atomic E-state index is 0.683. The average molecular weight is 226 g/mol. The summed E-state index contributed by atoms with van der Waals surface area (Å²) >= 11 is 0. The van der Waals surface area contributed by atoms with Crippen molar-refractivity contribution in [2.75, 3.05) is 13.1 Å². The predicted octanol–water partition coefficient (Wildman–Crippen LogP) is 2.93. The van der Waals surface area contributed by atoms with Gasteiger partial charge in [0.05, 0.1) is 0 Å². The molecule has 0 bridgehead atoms. The standard InChI is InChI=1S/C14H30N2/c1-12(2)7-6-8-13(3)16-11-14-9-4-5-10-15-14/h12-16H,4-11H2,1-3H3. The Morgan fingerprint density at radius 3 is 2.62 bits per heavy atom. The maximum atomic E-state index is 3.66. The van der Waals surface area contributed by atoms with Crippen molar-refractivity contribution in [1.82, 2.24) is 10.6 Å². The molecule has 16 heavy (non-hydrogen) atoms. The van der Waals surface area contributed by atoms with E-state index in [1.54, 1.807) is 0 Å². The Kier molecular flexibility index (Phi) is 7.06. The molecule has 2 unspecified atom stereocenters. The summed E-state index contributed by atoms with van der Waals surface area (Å²) in [5.74, 6) is 0.854. The lowest BCUT2D eigenvalue weighted by atomic mass is 10.0. The molecular weight excluding hydrogens is 196 g/mol. The fraction of sp³-hybridized carbons (Fsp3) is 1.00. The van der Waals surface area contributed by atoms with Gasteiger partial charge in [-0.3, -0.25) is 0 Å². The van der Waals surface area contributed by atoms with Crippen LogP contribution < -0.4 is 10.6 Å². The second kappa shape index (κ2) is 8.08. The molecule has 0 aliphatic carbocycles. The van der Waals surface area contributed by atoms with Crippen molar-refractivity contribution in [3.05, 3.63) is 0 Å². The van der Waals surface area contributed by atoms with Gasteiger partial charge in [-0.15, -0.1) is 0 Å². The Balaban J connectivity index is 1.98. The predicted molar refractivity (Wildman–Crippen MR) is 71.8 cm³/mol. The quantitative estimate of drug-likeness (QED) is 0.697. The van der Waals surface area contributed by atoms with E-state index in [9.17, 15) is 0 Å². The van der Waals surface area contributed by atoms with Gasteiger partial charge in [0.25, 0.3) is 0 Å². The molecule has 1 aliphatic heterocycles. The molecule has 0 radical (unpaired) electrons. The van der Waals surface area contributed by atoms with E-state index in [0.717, 1.165) is 18.5 Å². The Morgan fingerprint density at radius 1 is 1.19 bits per heavy atom. The van der Waals surface area contributed by atoms with Gasteiger partial charge in [-0.25, -0.2) is 0 Å². The van der Waals surface area contributed by atoms with Gasteiger partial charge in [-0.2, -0.15) is 0 Å². The van der Waals surface area contributed by atoms with E-state index in [1.807, 2.05) is 0 Å². The maximum absolute atomic E-state index is 3.66. The summed E-state index contributed by atoms with van der Waals surface area (Å²) in [6.07, 6.45) is 8.18. The van der Waals surface area contributed by atoms with Crippen LogP contribution in [0.1, 0.15) is 59.3 Å². The third-order valence-electron chi connectivity index (χ3n) is 3.54. The van der Waals surface area contributed by atoms with E-state index < -0.39 is 0 Å². The summed E-state index contributed by atoms with van der Waals surface area (Å²) in [6.45, 7) is 9.31. The van der Waals surface area contributed by atoms with Gasteiger partial charge in [-0.05, 0) is 38.6 Å². The largest absolute Gasteiger partial charge is 0.313 e. The molecule has 2 atom stereocenters. The molecule has 2 nitrogen and oxygen atoms in total. The van der Waals surface area contributed by atoms with E-state index in [0.29, 0.717) is 6.04 Å². The molecule has 96 valence electrons. The summed E-state index contributed by atoms with van der Waals surface area (Å²) < 4.78 is 0. The average Bonchev–Trinajstić information content (AvgIpc) is 2.27. The third-order valence-corrected chi connectivity index (χ3v) is 3.54. The van der Waals surface area contributed by atoms with Crippen LogP contribution in [-0.4, -0.2) is 25.2 Å². The van der Waals surface area contributed by atoms with Gasteiger partial charge >= 0.3 is 0 Å². The first-order valence-corrected chi connectivity index (χ1v) is 7.15. The summed E-state index contributed by atoms with van der Waals surface area (Å²) in [4.78, 5) is 0. The minimum absolute atomic E-state index is 0.683. The minimum Gasteiger partial charge on any atom is -0.313 e. The van der Waals surface area contributed by atoms with Crippen LogP contribution in [0, 0.1) is 5.92 Å². The van der Waals surface area contributed by atoms with Crippen molar-refractivity contribution in [3.8, 4) is 0 Å². The van der Waals surface area contributed by atoms with E-state index >= 15 is 0 Å². The van der Waals surface area contributed by atoms with Crippen molar-refractivity contribution < 1.29 is 0 Å². The molecule has 2 heteroatoms. The first-order chi connectivity index (χ1) is 7.68. The second-order valence-corrected chi connectivity index (χ2v) is 5.78. The van der Waals surface area contributed by atoms with Gasteiger partial charge in [0.1, 0.15) is 0 Å². The van der Waals surface area contributed by atoms with Crippen LogP contribution in [0.25, 0.3) is 0 Å². The highest BCUT2D eigenvalue weighted by molar-refractivity contribution is 4.75. The van der Waals surface area contributed by atoms with Crippen LogP contribution >= 0.6 is 0 Å². The first kappa shape index (κ1) is 14.0. The van der Waals surface area contributed by atoms with Crippen LogP contribution in [-0.2, 0) is 0 Å². The highest BCUT2D eigenvalue weighted by Crippen LogP contribution is 2.09. The Hall–Kier alpha value is -0.0800. The summed E-state index contributed by atoms with van der Waals surface area (Å²) in [6, 6.07) is 1.41. The third kappa shape index (κ3) is 6.49.